The van der Waals surface area contributed by atoms with Crippen molar-refractivity contribution < 1.29 is 23.3 Å². The Morgan fingerprint density at radius 1 is 1.23 bits per heavy atom. The van der Waals surface area contributed by atoms with Crippen LogP contribution in [0.4, 0.5) is 10.1 Å². The molecule has 8 nitrogen and oxygen atoms in total. The van der Waals surface area contributed by atoms with E-state index in [9.17, 15) is 24.1 Å². The van der Waals surface area contributed by atoms with Crippen LogP contribution in [0.3, 0.4) is 0 Å². The Bertz CT molecular complexity index is 1220. The van der Waals surface area contributed by atoms with Crippen LogP contribution in [0.15, 0.2) is 51.7 Å². The van der Waals surface area contributed by atoms with Gasteiger partial charge in [-0.25, -0.2) is 4.39 Å². The average Bonchev–Trinajstić information content (AvgIpc) is 3.01. The zero-order valence-corrected chi connectivity index (χ0v) is 16.0. The second-order valence-corrected chi connectivity index (χ2v) is 6.91. The number of methoxy groups -OCH3 is 1. The van der Waals surface area contributed by atoms with Gasteiger partial charge in [-0.3, -0.25) is 19.7 Å². The summed E-state index contributed by atoms with van der Waals surface area (Å²) in [5.74, 6) is -1.24. The number of nitrogens with zero attached hydrogens (tertiary/aromatic N) is 2. The number of non-ortho nitro benzene ring substituents is 1. The van der Waals surface area contributed by atoms with Crippen LogP contribution < -0.4 is 5.43 Å². The van der Waals surface area contributed by atoms with Crippen molar-refractivity contribution in [2.45, 2.75) is 12.5 Å². The minimum Gasteiger partial charge on any atom is -0.450 e. The van der Waals surface area contributed by atoms with Crippen LogP contribution in [-0.2, 0) is 4.74 Å². The highest BCUT2D eigenvalue weighted by atomic mass is 19.1. The lowest BCUT2D eigenvalue weighted by atomic mass is 9.98. The molecule has 1 atom stereocenters. The third-order valence-corrected chi connectivity index (χ3v) is 5.07. The maximum atomic E-state index is 13.7. The first kappa shape index (κ1) is 19.7. The van der Waals surface area contributed by atoms with Crippen molar-refractivity contribution in [1.29, 1.82) is 0 Å². The maximum Gasteiger partial charge on any atom is 0.290 e. The Morgan fingerprint density at radius 2 is 2.03 bits per heavy atom. The summed E-state index contributed by atoms with van der Waals surface area (Å²) >= 11 is 0. The number of carbonyl (C=O) groups is 1. The number of hydrogen-bond donors (Lipinski definition) is 0. The van der Waals surface area contributed by atoms with Crippen LogP contribution in [0.25, 0.3) is 11.0 Å². The molecule has 3 aromatic rings. The zero-order chi connectivity index (χ0) is 21.4. The van der Waals surface area contributed by atoms with E-state index in [1.165, 1.54) is 36.3 Å². The fourth-order valence-corrected chi connectivity index (χ4v) is 3.76. The molecule has 1 amide bonds. The largest absolute Gasteiger partial charge is 0.450 e. The van der Waals surface area contributed by atoms with E-state index in [2.05, 4.69) is 0 Å². The fraction of sp³-hybridized carbons (Fsp3) is 0.238. The molecule has 0 spiro atoms. The number of carbonyl (C=O) groups excluding carboxylic acids is 1. The molecule has 30 heavy (non-hydrogen) atoms. The SMILES string of the molecule is COCCCN1C(=O)c2oc3ccc(F)cc3c(=O)c2C1c1cccc([N+](=O)[O-])c1. The van der Waals surface area contributed by atoms with Crippen molar-refractivity contribution in [2.75, 3.05) is 20.3 Å². The Labute approximate surface area is 169 Å². The van der Waals surface area contributed by atoms with Crippen molar-refractivity contribution in [1.82, 2.24) is 4.90 Å². The molecule has 0 radical (unpaired) electrons. The Balaban J connectivity index is 1.93. The molecule has 4 rings (SSSR count). The minimum atomic E-state index is -0.881. The smallest absolute Gasteiger partial charge is 0.290 e. The lowest BCUT2D eigenvalue weighted by Crippen LogP contribution is -2.31. The molecule has 1 aromatic heterocycles. The summed E-state index contributed by atoms with van der Waals surface area (Å²) in [6, 6.07) is 8.38. The number of nitro benzene ring substituents is 1. The second-order valence-electron chi connectivity index (χ2n) is 6.91. The summed E-state index contributed by atoms with van der Waals surface area (Å²) in [6.07, 6.45) is 0.490. The summed E-state index contributed by atoms with van der Waals surface area (Å²) in [5.41, 5.74) is -0.149. The molecule has 0 aliphatic carbocycles. The van der Waals surface area contributed by atoms with E-state index in [0.717, 1.165) is 12.1 Å². The van der Waals surface area contributed by atoms with E-state index in [0.29, 0.717) is 18.6 Å². The van der Waals surface area contributed by atoms with Crippen molar-refractivity contribution in [3.05, 3.63) is 85.5 Å². The van der Waals surface area contributed by atoms with Gasteiger partial charge in [0, 0.05) is 32.4 Å². The van der Waals surface area contributed by atoms with Crippen LogP contribution >= 0.6 is 0 Å². The van der Waals surface area contributed by atoms with Gasteiger partial charge >= 0.3 is 0 Å². The molecule has 2 heterocycles. The quantitative estimate of drug-likeness (QED) is 0.349. The molecular formula is C21H17FN2O6. The first-order valence-corrected chi connectivity index (χ1v) is 9.23. The topological polar surface area (TPSA) is 103 Å². The second kappa shape index (κ2) is 7.68. The molecular weight excluding hydrogens is 395 g/mol. The summed E-state index contributed by atoms with van der Waals surface area (Å²) in [5, 5.41) is 11.2. The number of fused-ring (bicyclic) bond motifs is 2. The first-order valence-electron chi connectivity index (χ1n) is 9.23. The zero-order valence-electron chi connectivity index (χ0n) is 16.0. The number of benzene rings is 2. The van der Waals surface area contributed by atoms with E-state index in [-0.39, 0.29) is 34.5 Å². The molecule has 1 unspecified atom stereocenters. The van der Waals surface area contributed by atoms with Gasteiger partial charge in [-0.05, 0) is 30.2 Å². The summed E-state index contributed by atoms with van der Waals surface area (Å²) < 4.78 is 24.5. The molecule has 0 bridgehead atoms. The van der Waals surface area contributed by atoms with E-state index in [1.807, 2.05) is 0 Å². The third kappa shape index (κ3) is 3.22. The monoisotopic (exact) mass is 412 g/mol. The third-order valence-electron chi connectivity index (χ3n) is 5.07. The molecule has 0 N–H and O–H groups in total. The number of rotatable bonds is 6. The summed E-state index contributed by atoms with van der Waals surface area (Å²) in [4.78, 5) is 38.5. The highest BCUT2D eigenvalue weighted by molar-refractivity contribution is 5.99. The van der Waals surface area contributed by atoms with Gasteiger partial charge < -0.3 is 14.1 Å². The predicted molar refractivity (Wildman–Crippen MR) is 105 cm³/mol. The Morgan fingerprint density at radius 3 is 2.77 bits per heavy atom. The number of amides is 1. The van der Waals surface area contributed by atoms with Crippen LogP contribution in [0.2, 0.25) is 0 Å². The van der Waals surface area contributed by atoms with E-state index >= 15 is 0 Å². The van der Waals surface area contributed by atoms with E-state index in [4.69, 9.17) is 9.15 Å². The van der Waals surface area contributed by atoms with E-state index < -0.39 is 28.1 Å². The summed E-state index contributed by atoms with van der Waals surface area (Å²) in [6.45, 7) is 0.630. The van der Waals surface area contributed by atoms with Gasteiger partial charge in [-0.2, -0.15) is 0 Å². The minimum absolute atomic E-state index is 0.00993. The van der Waals surface area contributed by atoms with Gasteiger partial charge in [0.2, 0.25) is 5.76 Å². The highest BCUT2D eigenvalue weighted by Gasteiger charge is 2.42. The predicted octanol–water partition coefficient (Wildman–Crippen LogP) is 3.42. The molecule has 0 saturated heterocycles. The fourth-order valence-electron chi connectivity index (χ4n) is 3.76. The number of hydrogen-bond acceptors (Lipinski definition) is 6. The Kier molecular flexibility index (Phi) is 5.04. The molecule has 154 valence electrons. The Hall–Kier alpha value is -3.59. The highest BCUT2D eigenvalue weighted by Crippen LogP contribution is 2.39. The van der Waals surface area contributed by atoms with E-state index in [1.54, 1.807) is 6.07 Å². The lowest BCUT2D eigenvalue weighted by molar-refractivity contribution is -0.384. The van der Waals surface area contributed by atoms with Gasteiger partial charge in [0.05, 0.1) is 21.9 Å². The summed E-state index contributed by atoms with van der Waals surface area (Å²) in [7, 11) is 1.53. The van der Waals surface area contributed by atoms with Crippen LogP contribution in [0, 0.1) is 15.9 Å². The molecule has 0 saturated carbocycles. The normalized spacial score (nSPS) is 15.6. The van der Waals surface area contributed by atoms with Crippen molar-refractivity contribution in [3.63, 3.8) is 0 Å². The van der Waals surface area contributed by atoms with Crippen LogP contribution in [0.1, 0.15) is 34.1 Å². The number of halogens is 1. The van der Waals surface area contributed by atoms with Gasteiger partial charge in [0.25, 0.3) is 11.6 Å². The van der Waals surface area contributed by atoms with Gasteiger partial charge in [0.15, 0.2) is 5.43 Å². The number of ether oxygens (including phenoxy) is 1. The molecule has 2 aromatic carbocycles. The maximum absolute atomic E-state index is 13.7. The van der Waals surface area contributed by atoms with Gasteiger partial charge in [-0.1, -0.05) is 12.1 Å². The van der Waals surface area contributed by atoms with Gasteiger partial charge in [0.1, 0.15) is 11.4 Å². The lowest BCUT2D eigenvalue weighted by Gasteiger charge is -2.24. The van der Waals surface area contributed by atoms with Gasteiger partial charge in [-0.15, -0.1) is 0 Å². The molecule has 9 heteroatoms. The standard InChI is InChI=1S/C21H17FN2O6/c1-29-9-3-8-23-18(12-4-2-5-14(10-12)24(27)28)17-19(25)15-11-13(22)6-7-16(15)30-20(17)21(23)26/h2,4-7,10-11,18H,3,8-9H2,1H3. The first-order chi connectivity index (χ1) is 14.4. The van der Waals surface area contributed by atoms with Crippen LogP contribution in [-0.4, -0.2) is 36.0 Å². The van der Waals surface area contributed by atoms with Crippen molar-refractivity contribution in [2.24, 2.45) is 0 Å². The molecule has 0 fully saturated rings. The number of nitro groups is 1. The van der Waals surface area contributed by atoms with Crippen molar-refractivity contribution >= 4 is 22.6 Å². The molecule has 1 aliphatic rings. The van der Waals surface area contributed by atoms with Crippen LogP contribution in [0.5, 0.6) is 0 Å². The average molecular weight is 412 g/mol. The molecule has 1 aliphatic heterocycles. The van der Waals surface area contributed by atoms with Crippen molar-refractivity contribution in [3.8, 4) is 0 Å².